The molecule has 0 aliphatic carbocycles. The Morgan fingerprint density at radius 1 is 1.05 bits per heavy atom. The van der Waals surface area contributed by atoms with Crippen LogP contribution in [0.2, 0.25) is 0 Å². The molecule has 0 atom stereocenters. The fourth-order valence-corrected chi connectivity index (χ4v) is 1.20. The van der Waals surface area contributed by atoms with Gasteiger partial charge < -0.3 is 4.74 Å². The van der Waals surface area contributed by atoms with Crippen LogP contribution in [-0.2, 0) is 0 Å². The molecule has 1 rings (SSSR count). The van der Waals surface area contributed by atoms with Gasteiger partial charge >= 0.3 is 0 Å². The van der Waals surface area contributed by atoms with Crippen LogP contribution in [0.4, 0.5) is 0 Å². The molecule has 0 amide bonds. The maximum Gasteiger partial charge on any atom is 0.119 e. The zero-order chi connectivity index (χ0) is 13.8. The van der Waals surface area contributed by atoms with E-state index in [4.69, 9.17) is 15.8 Å². The second-order valence-electron chi connectivity index (χ2n) is 3.33. The Morgan fingerprint density at radius 2 is 1.74 bits per heavy atom. The van der Waals surface area contributed by atoms with Crippen molar-refractivity contribution in [1.82, 2.24) is 0 Å². The Kier molecular flexibility index (Phi) is 7.16. The van der Waals surface area contributed by atoms with Crippen molar-refractivity contribution in [2.45, 2.75) is 6.42 Å². The van der Waals surface area contributed by atoms with Gasteiger partial charge in [-0.15, -0.1) is 0 Å². The molecule has 0 saturated heterocycles. The fraction of sp³-hybridized carbons (Fsp3) is 0.333. The summed E-state index contributed by atoms with van der Waals surface area (Å²) in [5.74, 6) is 0.702. The molecule has 1 aromatic rings. The van der Waals surface area contributed by atoms with E-state index in [1.807, 2.05) is 12.1 Å². The van der Waals surface area contributed by atoms with Crippen molar-refractivity contribution in [2.75, 3.05) is 19.7 Å². The zero-order valence-corrected chi connectivity index (χ0v) is 10.2. The van der Waals surface area contributed by atoms with Gasteiger partial charge in [-0.05, 0) is 47.3 Å². The summed E-state index contributed by atoms with van der Waals surface area (Å²) in [4.78, 5) is 5.28. The first-order valence-electron chi connectivity index (χ1n) is 5.60. The number of azide groups is 2. The van der Waals surface area contributed by atoms with Crippen molar-refractivity contribution in [1.29, 1.82) is 0 Å². The maximum absolute atomic E-state index is 8.10. The summed E-state index contributed by atoms with van der Waals surface area (Å²) in [7, 11) is 0. The Hall–Kier alpha value is -2.62. The molecule has 7 nitrogen and oxygen atoms in total. The molecule has 96 valence electrons. The van der Waals surface area contributed by atoms with Gasteiger partial charge in [-0.2, -0.15) is 0 Å². The van der Waals surface area contributed by atoms with E-state index in [0.29, 0.717) is 31.9 Å². The molecule has 19 heavy (non-hydrogen) atoms. The smallest absolute Gasteiger partial charge is 0.119 e. The van der Waals surface area contributed by atoms with Crippen LogP contribution < -0.4 is 4.74 Å². The molecule has 0 aliphatic rings. The van der Waals surface area contributed by atoms with Gasteiger partial charge in [0.1, 0.15) is 5.75 Å². The molecule has 0 heterocycles. The number of rotatable bonds is 8. The van der Waals surface area contributed by atoms with E-state index in [-0.39, 0.29) is 0 Å². The molecule has 0 bridgehead atoms. The monoisotopic (exact) mass is 256 g/mol. The Morgan fingerprint density at radius 3 is 2.42 bits per heavy atom. The van der Waals surface area contributed by atoms with Crippen LogP contribution in [-0.4, -0.2) is 19.7 Å². The number of benzene rings is 1. The second kappa shape index (κ2) is 9.41. The van der Waals surface area contributed by atoms with Crippen LogP contribution in [0, 0.1) is 12.2 Å². The maximum atomic E-state index is 8.10. The molecule has 0 aliphatic heterocycles. The average molecular weight is 256 g/mol. The van der Waals surface area contributed by atoms with Crippen LogP contribution in [0.25, 0.3) is 20.9 Å². The first kappa shape index (κ1) is 14.4. The van der Waals surface area contributed by atoms with Crippen LogP contribution >= 0.6 is 0 Å². The predicted octanol–water partition coefficient (Wildman–Crippen LogP) is 3.59. The minimum absolute atomic E-state index is 0.303. The molecule has 0 spiro atoms. The van der Waals surface area contributed by atoms with Gasteiger partial charge in [-0.1, -0.05) is 22.4 Å². The normalized spacial score (nSPS) is 9.68. The van der Waals surface area contributed by atoms with E-state index in [1.54, 1.807) is 12.1 Å². The van der Waals surface area contributed by atoms with Crippen molar-refractivity contribution in [3.05, 3.63) is 62.9 Å². The minimum atomic E-state index is 0.303. The SMILES string of the molecule is [N-]=[N+]=NCC/[C]=[C]/c1ccc(OCCN=[N+]=[N-])cc1. The largest absolute Gasteiger partial charge is 0.493 e. The third kappa shape index (κ3) is 6.63. The Labute approximate surface area is 110 Å². The summed E-state index contributed by atoms with van der Waals surface area (Å²) in [5, 5.41) is 6.76. The van der Waals surface area contributed by atoms with E-state index in [2.05, 4.69) is 32.2 Å². The molecule has 7 heteroatoms. The summed E-state index contributed by atoms with van der Waals surface area (Å²) in [6.45, 7) is 1.03. The molecule has 0 saturated carbocycles. The molecule has 2 radical (unpaired) electrons. The summed E-state index contributed by atoms with van der Waals surface area (Å²) in [5.41, 5.74) is 17.0. The number of nitrogens with zero attached hydrogens (tertiary/aromatic N) is 6. The van der Waals surface area contributed by atoms with Gasteiger partial charge in [0, 0.05) is 16.4 Å². The average Bonchev–Trinajstić information content (AvgIpc) is 2.45. The van der Waals surface area contributed by atoms with Gasteiger partial charge in [0.15, 0.2) is 0 Å². The molecule has 1 aromatic carbocycles. The van der Waals surface area contributed by atoms with Gasteiger partial charge in [-0.3, -0.25) is 0 Å². The van der Waals surface area contributed by atoms with Gasteiger partial charge in [0.25, 0.3) is 0 Å². The Balaban J connectivity index is 2.38. The predicted molar refractivity (Wildman–Crippen MR) is 70.2 cm³/mol. The number of hydrogen-bond acceptors (Lipinski definition) is 3. The van der Waals surface area contributed by atoms with E-state index in [9.17, 15) is 0 Å². The van der Waals surface area contributed by atoms with Crippen molar-refractivity contribution >= 4 is 0 Å². The highest BCUT2D eigenvalue weighted by molar-refractivity contribution is 5.30. The van der Waals surface area contributed by atoms with E-state index in [1.165, 1.54) is 0 Å². The van der Waals surface area contributed by atoms with Crippen LogP contribution in [0.3, 0.4) is 0 Å². The molecule has 0 N–H and O–H groups in total. The van der Waals surface area contributed by atoms with Crippen molar-refractivity contribution < 1.29 is 4.74 Å². The van der Waals surface area contributed by atoms with Crippen LogP contribution in [0.15, 0.2) is 34.5 Å². The number of hydrogen-bond donors (Lipinski definition) is 0. The second-order valence-corrected chi connectivity index (χ2v) is 3.33. The molecule has 0 aromatic heterocycles. The van der Waals surface area contributed by atoms with E-state index >= 15 is 0 Å². The Bertz CT molecular complexity index is 497. The highest BCUT2D eigenvalue weighted by Crippen LogP contribution is 2.12. The lowest BCUT2D eigenvalue weighted by Crippen LogP contribution is -1.99. The van der Waals surface area contributed by atoms with E-state index < -0.39 is 0 Å². The van der Waals surface area contributed by atoms with Crippen LogP contribution in [0.1, 0.15) is 12.0 Å². The first-order chi connectivity index (χ1) is 9.36. The zero-order valence-electron chi connectivity index (χ0n) is 10.2. The third-order valence-electron chi connectivity index (χ3n) is 2.01. The van der Waals surface area contributed by atoms with Gasteiger partial charge in [0.2, 0.25) is 0 Å². The molecular weight excluding hydrogens is 244 g/mol. The van der Waals surface area contributed by atoms with Crippen molar-refractivity contribution in [3.8, 4) is 5.75 Å². The van der Waals surface area contributed by atoms with Crippen molar-refractivity contribution in [3.63, 3.8) is 0 Å². The lowest BCUT2D eigenvalue weighted by molar-refractivity contribution is 0.328. The lowest BCUT2D eigenvalue weighted by Gasteiger charge is -2.03. The summed E-state index contributed by atoms with van der Waals surface area (Å²) < 4.78 is 5.35. The highest BCUT2D eigenvalue weighted by atomic mass is 16.5. The standard InChI is InChI=1S/C12H12N6O/c13-17-15-8-2-1-3-11-4-6-12(7-5-11)19-10-9-16-18-14/h4-7H,2,8-10H2. The topological polar surface area (TPSA) is 107 Å². The van der Waals surface area contributed by atoms with Gasteiger partial charge in [-0.25, -0.2) is 0 Å². The first-order valence-corrected chi connectivity index (χ1v) is 5.60. The minimum Gasteiger partial charge on any atom is -0.493 e. The quantitative estimate of drug-likeness (QED) is 0.301. The number of ether oxygens (including phenoxy) is 1. The molecule has 0 fully saturated rings. The third-order valence-corrected chi connectivity index (χ3v) is 2.01. The highest BCUT2D eigenvalue weighted by Gasteiger charge is 1.93. The van der Waals surface area contributed by atoms with E-state index in [0.717, 1.165) is 5.56 Å². The lowest BCUT2D eigenvalue weighted by atomic mass is 10.2. The van der Waals surface area contributed by atoms with Gasteiger partial charge in [0.05, 0.1) is 13.2 Å². The summed E-state index contributed by atoms with van der Waals surface area (Å²) >= 11 is 0. The molecular formula is C12H12N6O. The molecule has 0 unspecified atom stereocenters. The van der Waals surface area contributed by atoms with Crippen molar-refractivity contribution in [2.24, 2.45) is 10.2 Å². The summed E-state index contributed by atoms with van der Waals surface area (Å²) in [6, 6.07) is 7.27. The summed E-state index contributed by atoms with van der Waals surface area (Å²) in [6.07, 6.45) is 6.39. The fourth-order valence-electron chi connectivity index (χ4n) is 1.20. The van der Waals surface area contributed by atoms with Crippen LogP contribution in [0.5, 0.6) is 5.75 Å².